The van der Waals surface area contributed by atoms with E-state index in [1.807, 2.05) is 18.4 Å². The molecule has 0 aliphatic heterocycles. The van der Waals surface area contributed by atoms with Crippen LogP contribution in [-0.2, 0) is 12.2 Å². The molecule has 0 saturated heterocycles. The summed E-state index contributed by atoms with van der Waals surface area (Å²) in [5.74, 6) is 2.62. The van der Waals surface area contributed by atoms with Crippen molar-refractivity contribution in [2.24, 2.45) is 0 Å². The number of hydrogen-bond donors (Lipinski definition) is 2. The number of furan rings is 1. The van der Waals surface area contributed by atoms with E-state index in [1.165, 1.54) is 23.1 Å². The number of hydrogen-bond acceptors (Lipinski definition) is 7. The number of H-pyrrole nitrogens is 2. The first kappa shape index (κ1) is 15.2. The smallest absolute Gasteiger partial charge is 0.260 e. The van der Waals surface area contributed by atoms with Crippen LogP contribution in [0.2, 0.25) is 0 Å². The number of fused-ring (bicyclic) bond motifs is 1. The summed E-state index contributed by atoms with van der Waals surface area (Å²) in [7, 11) is 0. The van der Waals surface area contributed by atoms with Gasteiger partial charge in [0.15, 0.2) is 0 Å². The van der Waals surface area contributed by atoms with E-state index in [2.05, 4.69) is 25.1 Å². The number of aromatic amines is 2. The topological polar surface area (TPSA) is 100 Å². The van der Waals surface area contributed by atoms with Crippen LogP contribution in [0.4, 0.5) is 0 Å². The molecule has 2 N–H and O–H groups in total. The Balaban J connectivity index is 1.62. The minimum absolute atomic E-state index is 0.160. The summed E-state index contributed by atoms with van der Waals surface area (Å²) in [4.78, 5) is 24.9. The number of aryl methyl sites for hydroxylation is 1. The molecule has 4 aromatic rings. The number of nitrogens with one attached hydrogen (secondary N) is 2. The van der Waals surface area contributed by atoms with E-state index in [4.69, 9.17) is 4.42 Å². The highest BCUT2D eigenvalue weighted by Gasteiger charge is 2.15. The SMILES string of the molecule is CCc1nc(SCc2nc3scc(-c4ccco4)c3c(=O)[nH]2)n[nH]1. The first-order valence-electron chi connectivity index (χ1n) is 7.33. The zero-order valence-corrected chi connectivity index (χ0v) is 14.3. The monoisotopic (exact) mass is 359 g/mol. The van der Waals surface area contributed by atoms with Crippen LogP contribution < -0.4 is 5.56 Å². The molecule has 4 heterocycles. The maximum Gasteiger partial charge on any atom is 0.260 e. The molecule has 4 rings (SSSR count). The van der Waals surface area contributed by atoms with E-state index in [0.717, 1.165) is 17.8 Å². The largest absolute Gasteiger partial charge is 0.464 e. The van der Waals surface area contributed by atoms with Crippen LogP contribution in [0.3, 0.4) is 0 Å². The number of thiophene rings is 1. The fraction of sp³-hybridized carbons (Fsp3) is 0.200. The van der Waals surface area contributed by atoms with Crippen molar-refractivity contribution in [1.82, 2.24) is 25.1 Å². The van der Waals surface area contributed by atoms with Gasteiger partial charge in [0.2, 0.25) is 5.16 Å². The van der Waals surface area contributed by atoms with Gasteiger partial charge in [0.1, 0.15) is 22.2 Å². The van der Waals surface area contributed by atoms with E-state index >= 15 is 0 Å². The maximum absolute atomic E-state index is 12.5. The zero-order chi connectivity index (χ0) is 16.5. The molecule has 0 aliphatic rings. The van der Waals surface area contributed by atoms with Gasteiger partial charge >= 0.3 is 0 Å². The van der Waals surface area contributed by atoms with Gasteiger partial charge in [-0.25, -0.2) is 9.97 Å². The summed E-state index contributed by atoms with van der Waals surface area (Å²) in [6.45, 7) is 2.01. The van der Waals surface area contributed by atoms with Gasteiger partial charge in [-0.05, 0) is 12.1 Å². The molecule has 0 bridgehead atoms. The summed E-state index contributed by atoms with van der Waals surface area (Å²) in [5, 5.41) is 10.1. The molecule has 24 heavy (non-hydrogen) atoms. The Bertz CT molecular complexity index is 1030. The Morgan fingerprint density at radius 2 is 2.25 bits per heavy atom. The average molecular weight is 359 g/mol. The second-order valence-corrected chi connectivity index (χ2v) is 6.83. The Kier molecular flexibility index (Phi) is 3.95. The quantitative estimate of drug-likeness (QED) is 0.531. The third kappa shape index (κ3) is 2.76. The third-order valence-corrected chi connectivity index (χ3v) is 5.19. The first-order chi connectivity index (χ1) is 11.7. The van der Waals surface area contributed by atoms with Crippen LogP contribution in [0.5, 0.6) is 0 Å². The highest BCUT2D eigenvalue weighted by molar-refractivity contribution is 7.98. The number of thioether (sulfide) groups is 1. The molecule has 9 heteroatoms. The van der Waals surface area contributed by atoms with Crippen LogP contribution in [0, 0.1) is 0 Å². The molecule has 7 nitrogen and oxygen atoms in total. The standard InChI is InChI=1S/C15H13N5O2S2/c1-2-10-18-15(20-19-10)24-7-11-16-13(21)12-8(6-23-14(12)17-11)9-4-3-5-22-9/h3-6H,2,7H2,1H3,(H,16,17,21)(H,18,19,20). The van der Waals surface area contributed by atoms with Gasteiger partial charge in [0.25, 0.3) is 5.56 Å². The van der Waals surface area contributed by atoms with Crippen LogP contribution in [0.1, 0.15) is 18.6 Å². The summed E-state index contributed by atoms with van der Waals surface area (Å²) in [6.07, 6.45) is 2.40. The minimum atomic E-state index is -0.160. The van der Waals surface area contributed by atoms with Gasteiger partial charge in [-0.3, -0.25) is 9.89 Å². The molecule has 0 unspecified atom stereocenters. The summed E-state index contributed by atoms with van der Waals surface area (Å²) in [6, 6.07) is 3.63. The Morgan fingerprint density at radius 3 is 3.00 bits per heavy atom. The molecular formula is C15H13N5O2S2. The van der Waals surface area contributed by atoms with E-state index < -0.39 is 0 Å². The fourth-order valence-electron chi connectivity index (χ4n) is 2.31. The van der Waals surface area contributed by atoms with Crippen molar-refractivity contribution in [3.05, 3.63) is 45.8 Å². The first-order valence-corrected chi connectivity index (χ1v) is 9.19. The molecule has 0 fully saturated rings. The van der Waals surface area contributed by atoms with Crippen molar-refractivity contribution in [1.29, 1.82) is 0 Å². The van der Waals surface area contributed by atoms with E-state index in [0.29, 0.717) is 32.7 Å². The zero-order valence-electron chi connectivity index (χ0n) is 12.7. The predicted molar refractivity (Wildman–Crippen MR) is 93.3 cm³/mol. The van der Waals surface area contributed by atoms with Crippen molar-refractivity contribution < 1.29 is 4.42 Å². The summed E-state index contributed by atoms with van der Waals surface area (Å²) >= 11 is 2.86. The normalized spacial score (nSPS) is 11.4. The molecule has 0 aliphatic carbocycles. The Labute approximate surface area is 144 Å². The van der Waals surface area contributed by atoms with Gasteiger partial charge in [-0.15, -0.1) is 16.4 Å². The van der Waals surface area contributed by atoms with Crippen LogP contribution in [0.15, 0.2) is 38.1 Å². The Hall–Kier alpha value is -2.39. The lowest BCUT2D eigenvalue weighted by atomic mass is 10.2. The lowest BCUT2D eigenvalue weighted by molar-refractivity contribution is 0.583. The number of nitrogens with zero attached hydrogens (tertiary/aromatic N) is 3. The lowest BCUT2D eigenvalue weighted by Gasteiger charge is -1.99. The van der Waals surface area contributed by atoms with Gasteiger partial charge in [-0.2, -0.15) is 0 Å². The second-order valence-electron chi connectivity index (χ2n) is 5.03. The molecule has 4 aromatic heterocycles. The molecule has 0 radical (unpaired) electrons. The number of aromatic nitrogens is 5. The van der Waals surface area contributed by atoms with Gasteiger partial charge in [0.05, 0.1) is 17.4 Å². The maximum atomic E-state index is 12.5. The van der Waals surface area contributed by atoms with Crippen molar-refractivity contribution >= 4 is 33.3 Å². The average Bonchev–Trinajstić information content (AvgIpc) is 3.32. The third-order valence-electron chi connectivity index (χ3n) is 3.46. The number of rotatable bonds is 5. The minimum Gasteiger partial charge on any atom is -0.464 e. The summed E-state index contributed by atoms with van der Waals surface area (Å²) < 4.78 is 5.39. The molecular weight excluding hydrogens is 346 g/mol. The van der Waals surface area contributed by atoms with Crippen molar-refractivity contribution in [2.75, 3.05) is 0 Å². The molecule has 0 saturated carbocycles. The molecule has 0 amide bonds. The van der Waals surface area contributed by atoms with E-state index in [1.54, 1.807) is 12.3 Å². The highest BCUT2D eigenvalue weighted by Crippen LogP contribution is 2.31. The lowest BCUT2D eigenvalue weighted by Crippen LogP contribution is -2.10. The molecule has 122 valence electrons. The fourth-order valence-corrected chi connectivity index (χ4v) is 3.94. The van der Waals surface area contributed by atoms with Crippen molar-refractivity contribution in [3.63, 3.8) is 0 Å². The predicted octanol–water partition coefficient (Wildman–Crippen LogP) is 3.22. The van der Waals surface area contributed by atoms with Crippen LogP contribution >= 0.6 is 23.1 Å². The van der Waals surface area contributed by atoms with Crippen molar-refractivity contribution in [2.45, 2.75) is 24.3 Å². The van der Waals surface area contributed by atoms with E-state index in [-0.39, 0.29) is 5.56 Å². The molecule has 0 aromatic carbocycles. The second kappa shape index (κ2) is 6.25. The summed E-state index contributed by atoms with van der Waals surface area (Å²) in [5.41, 5.74) is 0.613. The molecule has 0 spiro atoms. The van der Waals surface area contributed by atoms with Crippen LogP contribution in [-0.4, -0.2) is 25.1 Å². The highest BCUT2D eigenvalue weighted by atomic mass is 32.2. The Morgan fingerprint density at radius 1 is 1.33 bits per heavy atom. The van der Waals surface area contributed by atoms with Gasteiger partial charge in [0, 0.05) is 17.4 Å². The molecule has 0 atom stereocenters. The van der Waals surface area contributed by atoms with E-state index in [9.17, 15) is 4.79 Å². The van der Waals surface area contributed by atoms with Gasteiger partial charge in [-0.1, -0.05) is 18.7 Å². The van der Waals surface area contributed by atoms with Crippen molar-refractivity contribution in [3.8, 4) is 11.3 Å². The van der Waals surface area contributed by atoms with Gasteiger partial charge < -0.3 is 9.40 Å². The van der Waals surface area contributed by atoms with Crippen LogP contribution in [0.25, 0.3) is 21.5 Å².